The number of ether oxygens (including phenoxy) is 2. The van der Waals surface area contributed by atoms with E-state index >= 15 is 0 Å². The second kappa shape index (κ2) is 6.75. The summed E-state index contributed by atoms with van der Waals surface area (Å²) in [6.45, 7) is -1.95. The lowest BCUT2D eigenvalue weighted by atomic mass is 10.0. The first-order valence-electron chi connectivity index (χ1n) is 5.39. The van der Waals surface area contributed by atoms with Crippen LogP contribution in [0.5, 0.6) is 5.75 Å². The van der Waals surface area contributed by atoms with Gasteiger partial charge in [-0.15, -0.1) is 0 Å². The topological polar surface area (TPSA) is 59.3 Å². The third kappa shape index (κ3) is 3.38. The Balaban J connectivity index is 3.46. The van der Waals surface area contributed by atoms with Crippen molar-refractivity contribution in [3.63, 3.8) is 0 Å². The fourth-order valence-corrected chi connectivity index (χ4v) is 1.48. The fraction of sp³-hybridized carbons (Fsp3) is 0.333. The third-order valence-corrected chi connectivity index (χ3v) is 2.24. The Labute approximate surface area is 111 Å². The molecule has 0 aliphatic rings. The average molecular weight is 291 g/mol. The van der Waals surface area contributed by atoms with E-state index in [2.05, 4.69) is 9.47 Å². The summed E-state index contributed by atoms with van der Waals surface area (Å²) in [6.07, 6.45) is -3.07. The zero-order chi connectivity index (χ0) is 15.3. The highest BCUT2D eigenvalue weighted by molar-refractivity contribution is 5.93. The Morgan fingerprint density at radius 3 is 2.45 bits per heavy atom. The monoisotopic (exact) mass is 291 g/mol. The number of nitrogens with zero attached hydrogens (tertiary/aromatic N) is 1. The number of rotatable bonds is 5. The lowest BCUT2D eigenvalue weighted by molar-refractivity contribution is -0.0508. The average Bonchev–Trinajstić information content (AvgIpc) is 2.37. The molecule has 1 aromatic carbocycles. The Morgan fingerprint density at radius 2 is 2.00 bits per heavy atom. The van der Waals surface area contributed by atoms with Gasteiger partial charge in [0.05, 0.1) is 6.61 Å². The molecule has 1 rings (SSSR count). The highest BCUT2D eigenvalue weighted by atomic mass is 19.3. The van der Waals surface area contributed by atoms with Crippen molar-refractivity contribution < 1.29 is 31.8 Å². The predicted octanol–water partition coefficient (Wildman–Crippen LogP) is 3.27. The van der Waals surface area contributed by atoms with Gasteiger partial charge in [0.15, 0.2) is 5.75 Å². The highest BCUT2D eigenvalue weighted by Crippen LogP contribution is 2.33. The second-order valence-corrected chi connectivity index (χ2v) is 3.42. The van der Waals surface area contributed by atoms with Gasteiger partial charge < -0.3 is 9.47 Å². The molecule has 0 saturated carbocycles. The number of carbonyl (C=O) groups is 1. The summed E-state index contributed by atoms with van der Waals surface area (Å²) in [5.74, 6) is -1.95. The first-order valence-corrected chi connectivity index (χ1v) is 5.39. The van der Waals surface area contributed by atoms with Crippen molar-refractivity contribution in [2.24, 2.45) is 0 Å². The molecule has 0 saturated heterocycles. The van der Waals surface area contributed by atoms with Crippen molar-refractivity contribution in [3.05, 3.63) is 28.8 Å². The summed E-state index contributed by atoms with van der Waals surface area (Å²) in [7, 11) is 0. The predicted molar refractivity (Wildman–Crippen MR) is 58.7 cm³/mol. The zero-order valence-electron chi connectivity index (χ0n) is 10.2. The number of esters is 1. The molecule has 0 aliphatic carbocycles. The van der Waals surface area contributed by atoms with Crippen LogP contribution in [0.1, 0.15) is 34.8 Å². The minimum atomic E-state index is -3.37. The van der Waals surface area contributed by atoms with E-state index < -0.39 is 41.4 Å². The zero-order valence-corrected chi connectivity index (χ0v) is 10.2. The highest BCUT2D eigenvalue weighted by Gasteiger charge is 2.26. The van der Waals surface area contributed by atoms with Gasteiger partial charge in [0, 0.05) is 5.56 Å². The Morgan fingerprint density at radius 1 is 1.35 bits per heavy atom. The second-order valence-electron chi connectivity index (χ2n) is 3.42. The van der Waals surface area contributed by atoms with E-state index in [9.17, 15) is 22.4 Å². The molecule has 0 heterocycles. The summed E-state index contributed by atoms with van der Waals surface area (Å²) in [6, 6.07) is 3.00. The lowest BCUT2D eigenvalue weighted by Gasteiger charge is -2.14. The van der Waals surface area contributed by atoms with E-state index in [1.807, 2.05) is 0 Å². The Kier molecular flexibility index (Phi) is 5.32. The number of hydrogen-bond donors (Lipinski definition) is 0. The van der Waals surface area contributed by atoms with Crippen molar-refractivity contribution in [1.82, 2.24) is 0 Å². The van der Waals surface area contributed by atoms with Crippen molar-refractivity contribution in [3.8, 4) is 11.8 Å². The summed E-state index contributed by atoms with van der Waals surface area (Å²) >= 11 is 0. The SMILES string of the molecule is CCOC(=O)c1ccc(C(F)F)c(C#N)c1OC(F)F. The Hall–Kier alpha value is -2.30. The van der Waals surface area contributed by atoms with E-state index in [0.717, 1.165) is 12.1 Å². The van der Waals surface area contributed by atoms with Gasteiger partial charge in [0.25, 0.3) is 6.43 Å². The molecule has 0 atom stereocenters. The van der Waals surface area contributed by atoms with Crippen molar-refractivity contribution in [2.45, 2.75) is 20.0 Å². The van der Waals surface area contributed by atoms with Gasteiger partial charge in [0.2, 0.25) is 0 Å². The van der Waals surface area contributed by atoms with Crippen LogP contribution < -0.4 is 4.74 Å². The summed E-state index contributed by atoms with van der Waals surface area (Å²) < 4.78 is 58.7. The van der Waals surface area contributed by atoms with Crippen LogP contribution in [0.2, 0.25) is 0 Å². The van der Waals surface area contributed by atoms with Gasteiger partial charge >= 0.3 is 12.6 Å². The molecule has 1 aromatic rings. The van der Waals surface area contributed by atoms with E-state index in [4.69, 9.17) is 5.26 Å². The van der Waals surface area contributed by atoms with Gasteiger partial charge in [-0.3, -0.25) is 0 Å². The fourth-order valence-electron chi connectivity index (χ4n) is 1.48. The molecule has 0 aromatic heterocycles. The van der Waals surface area contributed by atoms with Crippen LogP contribution in [-0.4, -0.2) is 19.2 Å². The van der Waals surface area contributed by atoms with Gasteiger partial charge in [-0.25, -0.2) is 13.6 Å². The van der Waals surface area contributed by atoms with E-state index in [1.54, 1.807) is 0 Å². The summed E-state index contributed by atoms with van der Waals surface area (Å²) in [4.78, 5) is 11.6. The molecule has 0 amide bonds. The Bertz CT molecular complexity index is 540. The van der Waals surface area contributed by atoms with Crippen LogP contribution in [-0.2, 0) is 4.74 Å². The molecule has 0 spiro atoms. The van der Waals surface area contributed by atoms with Gasteiger partial charge in [-0.1, -0.05) is 6.07 Å². The molecule has 0 fully saturated rings. The molecule has 0 bridgehead atoms. The van der Waals surface area contributed by atoms with Crippen molar-refractivity contribution in [1.29, 1.82) is 5.26 Å². The maximum atomic E-state index is 12.7. The smallest absolute Gasteiger partial charge is 0.387 e. The van der Waals surface area contributed by atoms with Crippen molar-refractivity contribution in [2.75, 3.05) is 6.61 Å². The first kappa shape index (κ1) is 15.8. The number of carbonyl (C=O) groups excluding carboxylic acids is 1. The standard InChI is InChI=1S/C12H9F4NO3/c1-2-19-11(18)7-4-3-6(10(13)14)8(5-17)9(7)20-12(15)16/h3-4,10,12H,2H2,1H3. The van der Waals surface area contributed by atoms with Gasteiger partial charge in [-0.05, 0) is 13.0 Å². The molecule has 8 heteroatoms. The lowest BCUT2D eigenvalue weighted by Crippen LogP contribution is -2.13. The molecule has 0 radical (unpaired) electrons. The number of halogens is 4. The van der Waals surface area contributed by atoms with E-state index in [-0.39, 0.29) is 6.61 Å². The molecule has 4 nitrogen and oxygen atoms in total. The molecule has 20 heavy (non-hydrogen) atoms. The molecular weight excluding hydrogens is 282 g/mol. The first-order chi connectivity index (χ1) is 9.42. The van der Waals surface area contributed by atoms with Crippen molar-refractivity contribution >= 4 is 5.97 Å². The maximum absolute atomic E-state index is 12.7. The number of benzene rings is 1. The van der Waals surface area contributed by atoms with Gasteiger partial charge in [-0.2, -0.15) is 14.0 Å². The summed E-state index contributed by atoms with van der Waals surface area (Å²) in [5, 5.41) is 8.84. The number of hydrogen-bond acceptors (Lipinski definition) is 4. The van der Waals surface area contributed by atoms with E-state index in [1.165, 1.54) is 13.0 Å². The van der Waals surface area contributed by atoms with Crippen LogP contribution in [0.4, 0.5) is 17.6 Å². The molecule has 0 N–H and O–H groups in total. The molecular formula is C12H9F4NO3. The minimum absolute atomic E-state index is 0.0502. The van der Waals surface area contributed by atoms with Gasteiger partial charge in [0.1, 0.15) is 17.2 Å². The van der Waals surface area contributed by atoms with E-state index in [0.29, 0.717) is 0 Å². The normalized spacial score (nSPS) is 10.5. The van der Waals surface area contributed by atoms with Crippen LogP contribution >= 0.6 is 0 Å². The van der Waals surface area contributed by atoms with Crippen LogP contribution in [0.25, 0.3) is 0 Å². The number of nitriles is 1. The molecule has 108 valence electrons. The van der Waals surface area contributed by atoms with Crippen LogP contribution in [0.15, 0.2) is 12.1 Å². The molecule has 0 unspecified atom stereocenters. The quantitative estimate of drug-likeness (QED) is 0.617. The van der Waals surface area contributed by atoms with Crippen LogP contribution in [0, 0.1) is 11.3 Å². The third-order valence-electron chi connectivity index (χ3n) is 2.24. The largest absolute Gasteiger partial charge is 0.462 e. The van der Waals surface area contributed by atoms with Crippen LogP contribution in [0.3, 0.4) is 0 Å². The number of alkyl halides is 4. The molecule has 0 aliphatic heterocycles. The maximum Gasteiger partial charge on any atom is 0.387 e. The minimum Gasteiger partial charge on any atom is -0.462 e. The summed E-state index contributed by atoms with van der Waals surface area (Å²) in [5.41, 5.74) is -2.12.